The van der Waals surface area contributed by atoms with E-state index in [2.05, 4.69) is 10.2 Å². The van der Waals surface area contributed by atoms with Crippen molar-refractivity contribution in [1.82, 2.24) is 5.32 Å². The first-order chi connectivity index (χ1) is 16.0. The van der Waals surface area contributed by atoms with Crippen LogP contribution in [0.1, 0.15) is 28.9 Å². The van der Waals surface area contributed by atoms with Gasteiger partial charge in [-0.05, 0) is 42.8 Å². The predicted octanol–water partition coefficient (Wildman–Crippen LogP) is 4.71. The van der Waals surface area contributed by atoms with Crippen LogP contribution in [0.4, 0.5) is 11.4 Å². The molecule has 0 aliphatic carbocycles. The van der Waals surface area contributed by atoms with Gasteiger partial charge in [0.1, 0.15) is 11.5 Å². The third kappa shape index (κ3) is 5.48. The van der Waals surface area contributed by atoms with Crippen LogP contribution in [-0.2, 0) is 4.74 Å². The zero-order chi connectivity index (χ0) is 23.2. The van der Waals surface area contributed by atoms with Crippen molar-refractivity contribution in [3.63, 3.8) is 0 Å². The summed E-state index contributed by atoms with van der Waals surface area (Å²) >= 11 is 0. The van der Waals surface area contributed by atoms with Crippen molar-refractivity contribution < 1.29 is 19.2 Å². The second kappa shape index (κ2) is 10.1. The molecule has 1 N–H and O–H groups in total. The normalized spacial score (nSPS) is 14.4. The van der Waals surface area contributed by atoms with E-state index in [1.165, 1.54) is 18.2 Å². The number of para-hydroxylation sites is 1. The van der Waals surface area contributed by atoms with Crippen molar-refractivity contribution in [2.24, 2.45) is 0 Å². The summed E-state index contributed by atoms with van der Waals surface area (Å²) in [7, 11) is 0. The third-order valence-electron chi connectivity index (χ3n) is 5.51. The number of ether oxygens (including phenoxy) is 2. The number of amides is 1. The Bertz CT molecular complexity index is 1110. The maximum absolute atomic E-state index is 13.1. The van der Waals surface area contributed by atoms with Crippen LogP contribution < -0.4 is 15.0 Å². The van der Waals surface area contributed by atoms with Crippen molar-refractivity contribution in [3.05, 3.63) is 94.0 Å². The Morgan fingerprint density at radius 2 is 1.76 bits per heavy atom. The first kappa shape index (κ1) is 22.3. The Kier molecular flexibility index (Phi) is 6.85. The lowest BCUT2D eigenvalue weighted by atomic mass is 10.1. The largest absolute Gasteiger partial charge is 0.457 e. The molecule has 0 aromatic heterocycles. The van der Waals surface area contributed by atoms with E-state index in [-0.39, 0.29) is 23.0 Å². The van der Waals surface area contributed by atoms with E-state index in [9.17, 15) is 14.9 Å². The van der Waals surface area contributed by atoms with Crippen molar-refractivity contribution in [3.8, 4) is 11.5 Å². The average Bonchev–Trinajstić information content (AvgIpc) is 2.85. The molecule has 0 radical (unpaired) electrons. The fraction of sp³-hybridized carbons (Fsp3) is 0.240. The van der Waals surface area contributed by atoms with Gasteiger partial charge in [0.25, 0.3) is 11.6 Å². The maximum atomic E-state index is 13.1. The highest BCUT2D eigenvalue weighted by Gasteiger charge is 2.21. The Morgan fingerprint density at radius 3 is 2.42 bits per heavy atom. The van der Waals surface area contributed by atoms with Gasteiger partial charge in [-0.2, -0.15) is 0 Å². The van der Waals surface area contributed by atoms with Crippen LogP contribution in [0.2, 0.25) is 0 Å². The fourth-order valence-corrected chi connectivity index (χ4v) is 3.67. The first-order valence-electron chi connectivity index (χ1n) is 10.8. The molecule has 0 spiro atoms. The fourth-order valence-electron chi connectivity index (χ4n) is 3.67. The summed E-state index contributed by atoms with van der Waals surface area (Å²) in [5.74, 6) is 0.334. The number of hydrogen-bond acceptors (Lipinski definition) is 6. The SMILES string of the molecule is CC(NC(=O)c1cc([N+](=O)[O-])ccc1Oc1ccccc1)c1ccc(N2CCOCC2)cc1. The molecular weight excluding hydrogens is 422 g/mol. The van der Waals surface area contributed by atoms with Crippen molar-refractivity contribution in [2.45, 2.75) is 13.0 Å². The number of nitro benzene ring substituents is 1. The Balaban J connectivity index is 1.51. The van der Waals surface area contributed by atoms with E-state index in [1.807, 2.05) is 49.4 Å². The minimum absolute atomic E-state index is 0.102. The third-order valence-corrected chi connectivity index (χ3v) is 5.51. The summed E-state index contributed by atoms with van der Waals surface area (Å²) in [5, 5.41) is 14.2. The minimum Gasteiger partial charge on any atom is -0.457 e. The molecule has 33 heavy (non-hydrogen) atoms. The van der Waals surface area contributed by atoms with Crippen LogP contribution in [0.3, 0.4) is 0 Å². The molecule has 8 heteroatoms. The molecule has 1 saturated heterocycles. The number of non-ortho nitro benzene ring substituents is 1. The lowest BCUT2D eigenvalue weighted by Gasteiger charge is -2.29. The molecule has 8 nitrogen and oxygen atoms in total. The molecule has 3 aromatic rings. The quantitative estimate of drug-likeness (QED) is 0.416. The van der Waals surface area contributed by atoms with Gasteiger partial charge in [0.2, 0.25) is 0 Å². The van der Waals surface area contributed by atoms with Gasteiger partial charge < -0.3 is 19.7 Å². The van der Waals surface area contributed by atoms with Gasteiger partial charge in [-0.3, -0.25) is 14.9 Å². The summed E-state index contributed by atoms with van der Waals surface area (Å²) < 4.78 is 11.2. The number of carbonyl (C=O) groups is 1. The summed E-state index contributed by atoms with van der Waals surface area (Å²) in [5.41, 5.74) is 1.96. The second-order valence-corrected chi connectivity index (χ2v) is 7.74. The topological polar surface area (TPSA) is 93.9 Å². The van der Waals surface area contributed by atoms with Crippen molar-refractivity contribution >= 4 is 17.3 Å². The number of hydrogen-bond donors (Lipinski definition) is 1. The number of morpholine rings is 1. The second-order valence-electron chi connectivity index (χ2n) is 7.74. The van der Waals surface area contributed by atoms with E-state index < -0.39 is 10.8 Å². The number of carbonyl (C=O) groups excluding carboxylic acids is 1. The first-order valence-corrected chi connectivity index (χ1v) is 10.8. The Morgan fingerprint density at radius 1 is 1.06 bits per heavy atom. The molecule has 1 aliphatic heterocycles. The molecular formula is C25H25N3O5. The van der Waals surface area contributed by atoms with Gasteiger partial charge in [-0.15, -0.1) is 0 Å². The highest BCUT2D eigenvalue weighted by molar-refractivity contribution is 5.98. The van der Waals surface area contributed by atoms with Crippen LogP contribution in [0.15, 0.2) is 72.8 Å². The van der Waals surface area contributed by atoms with Gasteiger partial charge in [-0.1, -0.05) is 30.3 Å². The van der Waals surface area contributed by atoms with Crippen LogP contribution >= 0.6 is 0 Å². The van der Waals surface area contributed by atoms with E-state index in [0.717, 1.165) is 24.3 Å². The lowest BCUT2D eigenvalue weighted by Crippen LogP contribution is -2.36. The van der Waals surface area contributed by atoms with Gasteiger partial charge in [0.05, 0.1) is 29.7 Å². The number of rotatable bonds is 7. The zero-order valence-electron chi connectivity index (χ0n) is 18.3. The van der Waals surface area contributed by atoms with Crippen LogP contribution in [0.25, 0.3) is 0 Å². The predicted molar refractivity (Wildman–Crippen MR) is 125 cm³/mol. The molecule has 1 amide bonds. The lowest BCUT2D eigenvalue weighted by molar-refractivity contribution is -0.384. The molecule has 0 saturated carbocycles. The Hall–Kier alpha value is -3.91. The standard InChI is InChI=1S/C25H25N3O5/c1-18(19-7-9-20(10-8-19)27-13-15-32-16-14-27)26-25(29)23-17-21(28(30)31)11-12-24(23)33-22-5-3-2-4-6-22/h2-12,17-18H,13-16H2,1H3,(H,26,29). The monoisotopic (exact) mass is 447 g/mol. The highest BCUT2D eigenvalue weighted by atomic mass is 16.6. The molecule has 170 valence electrons. The maximum Gasteiger partial charge on any atom is 0.270 e. The van der Waals surface area contributed by atoms with Crippen LogP contribution in [0, 0.1) is 10.1 Å². The van der Waals surface area contributed by atoms with E-state index in [0.29, 0.717) is 19.0 Å². The molecule has 3 aromatic carbocycles. The van der Waals surface area contributed by atoms with E-state index in [1.54, 1.807) is 12.1 Å². The number of nitro groups is 1. The number of benzene rings is 3. The zero-order valence-corrected chi connectivity index (χ0v) is 18.3. The minimum atomic E-state index is -0.531. The average molecular weight is 447 g/mol. The molecule has 0 bridgehead atoms. The van der Waals surface area contributed by atoms with Crippen LogP contribution in [-0.4, -0.2) is 37.1 Å². The van der Waals surface area contributed by atoms with Crippen molar-refractivity contribution in [2.75, 3.05) is 31.2 Å². The molecule has 4 rings (SSSR count). The van der Waals surface area contributed by atoms with Gasteiger partial charge in [0, 0.05) is 30.9 Å². The smallest absolute Gasteiger partial charge is 0.270 e. The highest BCUT2D eigenvalue weighted by Crippen LogP contribution is 2.29. The molecule has 1 atom stereocenters. The summed E-state index contributed by atoms with van der Waals surface area (Å²) in [6, 6.07) is 20.7. The molecule has 1 fully saturated rings. The Labute approximate surface area is 191 Å². The number of anilines is 1. The van der Waals surface area contributed by atoms with E-state index in [4.69, 9.17) is 9.47 Å². The van der Waals surface area contributed by atoms with Crippen molar-refractivity contribution in [1.29, 1.82) is 0 Å². The van der Waals surface area contributed by atoms with E-state index >= 15 is 0 Å². The summed E-state index contributed by atoms with van der Waals surface area (Å²) in [6.07, 6.45) is 0. The van der Waals surface area contributed by atoms with Gasteiger partial charge >= 0.3 is 0 Å². The van der Waals surface area contributed by atoms with Crippen LogP contribution in [0.5, 0.6) is 11.5 Å². The molecule has 1 unspecified atom stereocenters. The number of nitrogens with one attached hydrogen (secondary N) is 1. The number of nitrogens with zero attached hydrogens (tertiary/aromatic N) is 2. The van der Waals surface area contributed by atoms with Gasteiger partial charge in [0.15, 0.2) is 0 Å². The summed E-state index contributed by atoms with van der Waals surface area (Å²) in [6.45, 7) is 5.00. The molecule has 1 aliphatic rings. The summed E-state index contributed by atoms with van der Waals surface area (Å²) in [4.78, 5) is 26.1. The van der Waals surface area contributed by atoms with Gasteiger partial charge in [-0.25, -0.2) is 0 Å². The molecule has 1 heterocycles.